The number of aryl methyl sites for hydroxylation is 3. The number of rotatable bonds is 5. The molecule has 8 nitrogen and oxygen atoms in total. The van der Waals surface area contributed by atoms with Gasteiger partial charge in [-0.15, -0.1) is 0 Å². The van der Waals surface area contributed by atoms with Crippen LogP contribution in [0.1, 0.15) is 35.7 Å². The van der Waals surface area contributed by atoms with Crippen LogP contribution in [0.25, 0.3) is 0 Å². The zero-order chi connectivity index (χ0) is 19.0. The predicted octanol–water partition coefficient (Wildman–Crippen LogP) is 0.450. The van der Waals surface area contributed by atoms with Crippen LogP contribution in [0.5, 0.6) is 0 Å². The van der Waals surface area contributed by atoms with Gasteiger partial charge in [0.2, 0.25) is 5.91 Å². The van der Waals surface area contributed by atoms with Crippen LogP contribution >= 0.6 is 11.8 Å². The molecule has 0 fully saturated rings. The van der Waals surface area contributed by atoms with Crippen molar-refractivity contribution in [2.75, 3.05) is 12.3 Å². The zero-order valence-corrected chi connectivity index (χ0v) is 15.9. The van der Waals surface area contributed by atoms with Crippen LogP contribution < -0.4 is 16.4 Å². The first-order chi connectivity index (χ1) is 13.0. The van der Waals surface area contributed by atoms with E-state index in [-0.39, 0.29) is 29.5 Å². The molecular formula is C18H21N5O3S. The van der Waals surface area contributed by atoms with Crippen molar-refractivity contribution in [2.45, 2.75) is 50.4 Å². The van der Waals surface area contributed by atoms with Gasteiger partial charge in [0.1, 0.15) is 0 Å². The number of carbonyl (C=O) groups is 1. The summed E-state index contributed by atoms with van der Waals surface area (Å²) in [5.74, 6) is 0.515. The first-order valence-corrected chi connectivity index (χ1v) is 10.1. The minimum absolute atomic E-state index is 0.0864. The van der Waals surface area contributed by atoms with E-state index in [1.165, 1.54) is 16.4 Å². The van der Waals surface area contributed by atoms with Crippen LogP contribution in [0.4, 0.5) is 0 Å². The average Bonchev–Trinajstić information content (AvgIpc) is 3.25. The molecule has 142 valence electrons. The summed E-state index contributed by atoms with van der Waals surface area (Å²) in [6.45, 7) is 2.40. The van der Waals surface area contributed by atoms with E-state index in [1.807, 2.05) is 0 Å². The number of hydrogen-bond acceptors (Lipinski definition) is 6. The standard InChI is InChI=1S/C18H21N5O3S/c1-11-9-20-18-23(17(11)26)13(10-27-18)8-15(24)19-5-6-22-16(25)7-12-3-2-4-14(12)21-22/h7,9,13H,2-6,8,10H2,1H3,(H,19,24). The number of nitrogens with zero attached hydrogens (tertiary/aromatic N) is 4. The van der Waals surface area contributed by atoms with Crippen LogP contribution in [-0.2, 0) is 24.2 Å². The molecule has 0 saturated heterocycles. The summed E-state index contributed by atoms with van der Waals surface area (Å²) in [7, 11) is 0. The Morgan fingerprint density at radius 3 is 3.07 bits per heavy atom. The lowest BCUT2D eigenvalue weighted by Crippen LogP contribution is -2.34. The van der Waals surface area contributed by atoms with E-state index in [0.717, 1.165) is 30.5 Å². The van der Waals surface area contributed by atoms with Gasteiger partial charge in [0, 0.05) is 36.5 Å². The first-order valence-electron chi connectivity index (χ1n) is 9.10. The lowest BCUT2D eigenvalue weighted by molar-refractivity contribution is -0.121. The van der Waals surface area contributed by atoms with E-state index >= 15 is 0 Å². The molecule has 1 amide bonds. The molecule has 0 aromatic carbocycles. The summed E-state index contributed by atoms with van der Waals surface area (Å²) in [4.78, 5) is 41.0. The van der Waals surface area contributed by atoms with Crippen molar-refractivity contribution in [3.05, 3.63) is 49.8 Å². The highest BCUT2D eigenvalue weighted by Gasteiger charge is 2.27. The Labute approximate surface area is 160 Å². The van der Waals surface area contributed by atoms with Gasteiger partial charge in [-0.2, -0.15) is 5.10 Å². The van der Waals surface area contributed by atoms with Crippen LogP contribution in [0.3, 0.4) is 0 Å². The maximum Gasteiger partial charge on any atom is 0.267 e. The fourth-order valence-electron chi connectivity index (χ4n) is 3.56. The van der Waals surface area contributed by atoms with Crippen molar-refractivity contribution in [3.63, 3.8) is 0 Å². The van der Waals surface area contributed by atoms with Gasteiger partial charge in [0.25, 0.3) is 11.1 Å². The summed E-state index contributed by atoms with van der Waals surface area (Å²) < 4.78 is 3.04. The minimum atomic E-state index is -0.189. The van der Waals surface area contributed by atoms with Crippen molar-refractivity contribution in [1.29, 1.82) is 0 Å². The number of thioether (sulfide) groups is 1. The van der Waals surface area contributed by atoms with Crippen LogP contribution in [0, 0.1) is 6.92 Å². The summed E-state index contributed by atoms with van der Waals surface area (Å²) in [5.41, 5.74) is 2.40. The highest BCUT2D eigenvalue weighted by Crippen LogP contribution is 2.31. The molecule has 27 heavy (non-hydrogen) atoms. The summed E-state index contributed by atoms with van der Waals surface area (Å²) in [6, 6.07) is 1.47. The Morgan fingerprint density at radius 2 is 2.22 bits per heavy atom. The predicted molar refractivity (Wildman–Crippen MR) is 101 cm³/mol. The van der Waals surface area contributed by atoms with Gasteiger partial charge in [-0.1, -0.05) is 11.8 Å². The number of amides is 1. The molecule has 2 aromatic rings. The van der Waals surface area contributed by atoms with Gasteiger partial charge in [0.05, 0.1) is 18.3 Å². The molecule has 2 aromatic heterocycles. The lowest BCUT2D eigenvalue weighted by atomic mass is 10.2. The summed E-state index contributed by atoms with van der Waals surface area (Å²) in [5, 5.41) is 7.90. The van der Waals surface area contributed by atoms with E-state index in [9.17, 15) is 14.4 Å². The van der Waals surface area contributed by atoms with Crippen molar-refractivity contribution in [1.82, 2.24) is 24.6 Å². The second-order valence-corrected chi connectivity index (χ2v) is 7.94. The molecule has 0 bridgehead atoms. The lowest BCUT2D eigenvalue weighted by Gasteiger charge is -2.14. The highest BCUT2D eigenvalue weighted by atomic mass is 32.2. The molecule has 2 aliphatic rings. The Kier molecular flexibility index (Phi) is 4.86. The molecule has 1 unspecified atom stereocenters. The van der Waals surface area contributed by atoms with E-state index in [2.05, 4.69) is 15.4 Å². The fraction of sp³-hybridized carbons (Fsp3) is 0.500. The maximum absolute atomic E-state index is 12.3. The largest absolute Gasteiger partial charge is 0.354 e. The molecule has 3 heterocycles. The first kappa shape index (κ1) is 18.0. The second kappa shape index (κ2) is 7.30. The van der Waals surface area contributed by atoms with E-state index in [0.29, 0.717) is 29.6 Å². The Hall–Kier alpha value is -2.42. The van der Waals surface area contributed by atoms with E-state index in [4.69, 9.17) is 0 Å². The fourth-order valence-corrected chi connectivity index (χ4v) is 4.66. The van der Waals surface area contributed by atoms with Crippen LogP contribution in [-0.4, -0.2) is 37.5 Å². The van der Waals surface area contributed by atoms with E-state index < -0.39 is 0 Å². The molecule has 1 atom stereocenters. The van der Waals surface area contributed by atoms with Crippen LogP contribution in [0.2, 0.25) is 0 Å². The maximum atomic E-state index is 12.3. The summed E-state index contributed by atoms with van der Waals surface area (Å²) in [6.07, 6.45) is 4.66. The van der Waals surface area contributed by atoms with Crippen molar-refractivity contribution < 1.29 is 4.79 Å². The zero-order valence-electron chi connectivity index (χ0n) is 15.1. The third kappa shape index (κ3) is 3.55. The molecule has 1 aliphatic heterocycles. The molecule has 1 aliphatic carbocycles. The van der Waals surface area contributed by atoms with Gasteiger partial charge in [-0.3, -0.25) is 19.0 Å². The Bertz CT molecular complexity index is 1010. The van der Waals surface area contributed by atoms with E-state index in [1.54, 1.807) is 23.8 Å². The molecule has 0 radical (unpaired) electrons. The monoisotopic (exact) mass is 387 g/mol. The number of hydrogen-bond donors (Lipinski definition) is 1. The van der Waals surface area contributed by atoms with Crippen molar-refractivity contribution in [3.8, 4) is 0 Å². The SMILES string of the molecule is Cc1cnc2n(c1=O)C(CC(=O)NCCn1nc3c(cc1=O)CCC3)CS2. The van der Waals surface area contributed by atoms with Gasteiger partial charge in [0.15, 0.2) is 5.16 Å². The summed E-state index contributed by atoms with van der Waals surface area (Å²) >= 11 is 1.49. The topological polar surface area (TPSA) is 98.9 Å². The average molecular weight is 387 g/mol. The molecular weight excluding hydrogens is 366 g/mol. The van der Waals surface area contributed by atoms with Gasteiger partial charge in [-0.25, -0.2) is 9.67 Å². The van der Waals surface area contributed by atoms with Crippen molar-refractivity contribution in [2.24, 2.45) is 0 Å². The van der Waals surface area contributed by atoms with Gasteiger partial charge < -0.3 is 5.32 Å². The molecule has 9 heteroatoms. The molecule has 0 saturated carbocycles. The third-order valence-corrected chi connectivity index (χ3v) is 6.10. The molecule has 4 rings (SSSR count). The molecule has 1 N–H and O–H groups in total. The highest BCUT2D eigenvalue weighted by molar-refractivity contribution is 7.99. The smallest absolute Gasteiger partial charge is 0.267 e. The second-order valence-electron chi connectivity index (χ2n) is 6.95. The quantitative estimate of drug-likeness (QED) is 0.748. The number of aromatic nitrogens is 4. The minimum Gasteiger partial charge on any atom is -0.354 e. The van der Waals surface area contributed by atoms with Gasteiger partial charge in [-0.05, 0) is 31.7 Å². The number of nitrogens with one attached hydrogen (secondary N) is 1. The normalized spacial score (nSPS) is 17.6. The Morgan fingerprint density at radius 1 is 1.37 bits per heavy atom. The Balaban J connectivity index is 1.35. The number of carbonyl (C=O) groups excluding carboxylic acids is 1. The third-order valence-electron chi connectivity index (χ3n) is 4.99. The molecule has 0 spiro atoms. The van der Waals surface area contributed by atoms with Gasteiger partial charge >= 0.3 is 0 Å². The van der Waals surface area contributed by atoms with Crippen LogP contribution in [0.15, 0.2) is 27.0 Å². The van der Waals surface area contributed by atoms with Crippen molar-refractivity contribution >= 4 is 17.7 Å². The number of fused-ring (bicyclic) bond motifs is 2.